The maximum absolute atomic E-state index is 5.94. The Morgan fingerprint density at radius 2 is 2.00 bits per heavy atom. The first-order chi connectivity index (χ1) is 8.72. The summed E-state index contributed by atoms with van der Waals surface area (Å²) in [6, 6.07) is 8.42. The molecule has 1 nitrogen and oxygen atoms in total. The van der Waals surface area contributed by atoms with Crippen LogP contribution >= 0.6 is 0 Å². The zero-order valence-corrected chi connectivity index (χ0v) is 11.5. The van der Waals surface area contributed by atoms with Gasteiger partial charge in [0.1, 0.15) is 5.75 Å². The monoisotopic (exact) mass is 242 g/mol. The minimum Gasteiger partial charge on any atom is -0.491 e. The second kappa shape index (κ2) is 5.90. The van der Waals surface area contributed by atoms with Crippen LogP contribution in [0.5, 0.6) is 5.75 Å². The highest BCUT2D eigenvalue weighted by atomic mass is 16.5. The molecule has 1 heteroatoms. The van der Waals surface area contributed by atoms with Gasteiger partial charge in [0, 0.05) is 11.5 Å². The molecule has 0 saturated heterocycles. The lowest BCUT2D eigenvalue weighted by atomic mass is 9.89. The highest BCUT2D eigenvalue weighted by molar-refractivity contribution is 5.45. The Balaban J connectivity index is 2.32. The van der Waals surface area contributed by atoms with Crippen LogP contribution in [0.3, 0.4) is 0 Å². The van der Waals surface area contributed by atoms with Crippen molar-refractivity contribution in [2.75, 3.05) is 0 Å². The van der Waals surface area contributed by atoms with Crippen LogP contribution in [-0.4, -0.2) is 6.10 Å². The fourth-order valence-corrected chi connectivity index (χ4v) is 2.50. The van der Waals surface area contributed by atoms with E-state index in [2.05, 4.69) is 57.2 Å². The third-order valence-corrected chi connectivity index (χ3v) is 3.27. The van der Waals surface area contributed by atoms with Crippen LogP contribution in [0, 0.1) is 0 Å². The number of hydrogen-bond donors (Lipinski definition) is 0. The number of rotatable bonds is 5. The summed E-state index contributed by atoms with van der Waals surface area (Å²) in [6.07, 6.45) is 9.19. The van der Waals surface area contributed by atoms with E-state index in [4.69, 9.17) is 4.74 Å². The fraction of sp³-hybridized carbons (Fsp3) is 0.412. The number of benzene rings is 1. The van der Waals surface area contributed by atoms with Gasteiger partial charge in [-0.25, -0.2) is 0 Å². The Kier molecular flexibility index (Phi) is 4.24. The summed E-state index contributed by atoms with van der Waals surface area (Å²) in [4.78, 5) is 0. The maximum atomic E-state index is 5.94. The van der Waals surface area contributed by atoms with E-state index in [0.717, 1.165) is 18.6 Å². The topological polar surface area (TPSA) is 9.23 Å². The molecule has 0 bridgehead atoms. The van der Waals surface area contributed by atoms with Crippen LogP contribution in [0.15, 0.2) is 48.1 Å². The first kappa shape index (κ1) is 12.9. The molecule has 0 saturated carbocycles. The summed E-state index contributed by atoms with van der Waals surface area (Å²) in [7, 11) is 0. The van der Waals surface area contributed by atoms with Crippen molar-refractivity contribution in [1.29, 1.82) is 0 Å². The van der Waals surface area contributed by atoms with Gasteiger partial charge in [-0.2, -0.15) is 0 Å². The molecule has 0 heterocycles. The summed E-state index contributed by atoms with van der Waals surface area (Å²) in [6.45, 7) is 6.39. The van der Waals surface area contributed by atoms with Crippen LogP contribution in [0.2, 0.25) is 0 Å². The standard InChI is InChI=1S/C17H22O/c1-4-15(14-9-5-6-10-14)16-11-7-8-12-17(16)18-13(2)3/h5,7-13,15H,4,6H2,1-3H3. The van der Waals surface area contributed by atoms with E-state index < -0.39 is 0 Å². The molecule has 1 aliphatic rings. The van der Waals surface area contributed by atoms with E-state index in [1.54, 1.807) is 0 Å². The molecule has 0 spiro atoms. The Labute approximate surface area is 110 Å². The average molecular weight is 242 g/mol. The Morgan fingerprint density at radius 3 is 2.61 bits per heavy atom. The Bertz CT molecular complexity index is 454. The molecule has 0 N–H and O–H groups in total. The van der Waals surface area contributed by atoms with Crippen LogP contribution in [0.25, 0.3) is 0 Å². The molecular weight excluding hydrogens is 220 g/mol. The highest BCUT2D eigenvalue weighted by Crippen LogP contribution is 2.36. The van der Waals surface area contributed by atoms with Crippen molar-refractivity contribution in [2.45, 2.75) is 45.6 Å². The van der Waals surface area contributed by atoms with Crippen molar-refractivity contribution < 1.29 is 4.74 Å². The summed E-state index contributed by atoms with van der Waals surface area (Å²) < 4.78 is 5.94. The molecule has 1 aromatic rings. The molecule has 0 radical (unpaired) electrons. The van der Waals surface area contributed by atoms with Crippen LogP contribution in [-0.2, 0) is 0 Å². The second-order valence-corrected chi connectivity index (χ2v) is 5.01. The van der Waals surface area contributed by atoms with Gasteiger partial charge < -0.3 is 4.74 Å². The largest absolute Gasteiger partial charge is 0.491 e. The number of para-hydroxylation sites is 1. The Hall–Kier alpha value is -1.50. The quantitative estimate of drug-likeness (QED) is 0.717. The normalized spacial score (nSPS) is 15.9. The van der Waals surface area contributed by atoms with E-state index in [1.807, 2.05) is 6.07 Å². The summed E-state index contributed by atoms with van der Waals surface area (Å²) in [5.74, 6) is 1.49. The van der Waals surface area contributed by atoms with Gasteiger partial charge in [-0.3, -0.25) is 0 Å². The van der Waals surface area contributed by atoms with Crippen LogP contribution < -0.4 is 4.74 Å². The smallest absolute Gasteiger partial charge is 0.123 e. The lowest BCUT2D eigenvalue weighted by molar-refractivity contribution is 0.239. The lowest BCUT2D eigenvalue weighted by Crippen LogP contribution is -2.09. The van der Waals surface area contributed by atoms with Crippen LogP contribution in [0.4, 0.5) is 0 Å². The molecule has 0 amide bonds. The van der Waals surface area contributed by atoms with E-state index in [9.17, 15) is 0 Å². The third kappa shape index (κ3) is 2.84. The van der Waals surface area contributed by atoms with Crippen molar-refractivity contribution >= 4 is 0 Å². The predicted molar refractivity (Wildman–Crippen MR) is 77.1 cm³/mol. The molecule has 0 aliphatic heterocycles. The van der Waals surface area contributed by atoms with Gasteiger partial charge in [-0.05, 0) is 38.3 Å². The molecule has 1 aliphatic carbocycles. The minimum atomic E-state index is 0.219. The van der Waals surface area contributed by atoms with Crippen molar-refractivity contribution in [3.05, 3.63) is 53.6 Å². The van der Waals surface area contributed by atoms with E-state index in [1.165, 1.54) is 11.1 Å². The maximum Gasteiger partial charge on any atom is 0.123 e. The highest BCUT2D eigenvalue weighted by Gasteiger charge is 2.18. The van der Waals surface area contributed by atoms with Gasteiger partial charge in [-0.15, -0.1) is 0 Å². The zero-order chi connectivity index (χ0) is 13.0. The molecule has 0 fully saturated rings. The molecule has 1 atom stereocenters. The van der Waals surface area contributed by atoms with Gasteiger partial charge in [0.15, 0.2) is 0 Å². The van der Waals surface area contributed by atoms with Crippen molar-refractivity contribution in [1.82, 2.24) is 0 Å². The summed E-state index contributed by atoms with van der Waals surface area (Å²) in [5, 5.41) is 0. The fourth-order valence-electron chi connectivity index (χ4n) is 2.50. The van der Waals surface area contributed by atoms with E-state index >= 15 is 0 Å². The van der Waals surface area contributed by atoms with Crippen molar-refractivity contribution in [2.24, 2.45) is 0 Å². The molecule has 18 heavy (non-hydrogen) atoms. The lowest BCUT2D eigenvalue weighted by Gasteiger charge is -2.21. The summed E-state index contributed by atoms with van der Waals surface area (Å²) >= 11 is 0. The van der Waals surface area contributed by atoms with Gasteiger partial charge >= 0.3 is 0 Å². The molecule has 96 valence electrons. The van der Waals surface area contributed by atoms with E-state index in [0.29, 0.717) is 5.92 Å². The third-order valence-electron chi connectivity index (χ3n) is 3.27. The number of allylic oxidation sites excluding steroid dienone is 4. The van der Waals surface area contributed by atoms with Gasteiger partial charge in [0.2, 0.25) is 0 Å². The molecule has 0 aromatic heterocycles. The summed E-state index contributed by atoms with van der Waals surface area (Å²) in [5.41, 5.74) is 2.74. The average Bonchev–Trinajstić information content (AvgIpc) is 2.85. The first-order valence-corrected chi connectivity index (χ1v) is 6.84. The van der Waals surface area contributed by atoms with E-state index in [-0.39, 0.29) is 6.10 Å². The first-order valence-electron chi connectivity index (χ1n) is 6.84. The molecule has 2 rings (SSSR count). The molecular formula is C17H22O. The molecule has 1 unspecified atom stereocenters. The van der Waals surface area contributed by atoms with Crippen molar-refractivity contribution in [3.8, 4) is 5.75 Å². The minimum absolute atomic E-state index is 0.219. The van der Waals surface area contributed by atoms with Gasteiger partial charge in [-0.1, -0.05) is 43.4 Å². The van der Waals surface area contributed by atoms with Gasteiger partial charge in [0.25, 0.3) is 0 Å². The second-order valence-electron chi connectivity index (χ2n) is 5.01. The number of hydrogen-bond acceptors (Lipinski definition) is 1. The SMILES string of the molecule is CCC(C1=CCC=C1)c1ccccc1OC(C)C. The van der Waals surface area contributed by atoms with Crippen LogP contribution in [0.1, 0.15) is 45.1 Å². The predicted octanol–water partition coefficient (Wildman–Crippen LogP) is 4.85. The molecule has 1 aromatic carbocycles. The zero-order valence-electron chi connectivity index (χ0n) is 11.5. The Morgan fingerprint density at radius 1 is 1.22 bits per heavy atom. The van der Waals surface area contributed by atoms with Gasteiger partial charge in [0.05, 0.1) is 6.10 Å². The van der Waals surface area contributed by atoms with Crippen molar-refractivity contribution in [3.63, 3.8) is 0 Å². The number of ether oxygens (including phenoxy) is 1.